The van der Waals surface area contributed by atoms with Gasteiger partial charge in [-0.2, -0.15) is 4.31 Å². The van der Waals surface area contributed by atoms with Gasteiger partial charge in [-0.3, -0.25) is 4.79 Å². The average Bonchev–Trinajstić information content (AvgIpc) is 2.37. The zero-order valence-corrected chi connectivity index (χ0v) is 12.1. The molecule has 1 N–H and O–H groups in total. The van der Waals surface area contributed by atoms with Gasteiger partial charge in [-0.15, -0.1) is 0 Å². The molecular weight excluding hydrogens is 313 g/mol. The minimum Gasteiger partial charge on any atom is -0.480 e. The molecule has 0 saturated carbocycles. The Hall–Kier alpha value is -1.22. The molecule has 6 nitrogen and oxygen atoms in total. The van der Waals surface area contributed by atoms with Crippen LogP contribution in [0.4, 0.5) is 4.39 Å². The third-order valence-corrected chi connectivity index (χ3v) is 4.54. The summed E-state index contributed by atoms with van der Waals surface area (Å²) >= 11 is 5.54. The Labute approximate surface area is 120 Å². The molecule has 0 spiro atoms. The third kappa shape index (κ3) is 3.89. The zero-order chi connectivity index (χ0) is 15.3. The maximum absolute atomic E-state index is 13.8. The van der Waals surface area contributed by atoms with Crippen LogP contribution in [0.25, 0.3) is 0 Å². The van der Waals surface area contributed by atoms with E-state index in [4.69, 9.17) is 21.4 Å². The molecule has 0 aliphatic heterocycles. The van der Waals surface area contributed by atoms with Crippen molar-refractivity contribution in [2.45, 2.75) is 4.90 Å². The first kappa shape index (κ1) is 16.8. The van der Waals surface area contributed by atoms with Crippen LogP contribution >= 0.6 is 11.6 Å². The number of aliphatic carboxylic acids is 1. The van der Waals surface area contributed by atoms with E-state index in [0.29, 0.717) is 4.31 Å². The first-order valence-corrected chi connectivity index (χ1v) is 7.27. The van der Waals surface area contributed by atoms with Crippen LogP contribution in [0.5, 0.6) is 0 Å². The molecule has 1 aromatic rings. The highest BCUT2D eigenvalue weighted by Gasteiger charge is 2.29. The van der Waals surface area contributed by atoms with Crippen LogP contribution in [0.1, 0.15) is 0 Å². The molecule has 0 amide bonds. The van der Waals surface area contributed by atoms with Gasteiger partial charge >= 0.3 is 5.97 Å². The molecule has 0 bridgehead atoms. The molecule has 0 fully saturated rings. The zero-order valence-electron chi connectivity index (χ0n) is 10.5. The molecule has 1 aromatic carbocycles. The maximum atomic E-state index is 13.8. The highest BCUT2D eigenvalue weighted by molar-refractivity contribution is 7.89. The van der Waals surface area contributed by atoms with Crippen molar-refractivity contribution in [1.82, 2.24) is 4.31 Å². The summed E-state index contributed by atoms with van der Waals surface area (Å²) in [5, 5.41) is 8.40. The summed E-state index contributed by atoms with van der Waals surface area (Å²) in [6.07, 6.45) is 0. The first-order chi connectivity index (χ1) is 9.30. The summed E-state index contributed by atoms with van der Waals surface area (Å²) in [5.41, 5.74) is 0. The van der Waals surface area contributed by atoms with E-state index >= 15 is 0 Å². The van der Waals surface area contributed by atoms with Crippen LogP contribution in [-0.4, -0.2) is 50.6 Å². The van der Waals surface area contributed by atoms with Gasteiger partial charge in [0.2, 0.25) is 10.0 Å². The number of hydrogen-bond acceptors (Lipinski definition) is 4. The van der Waals surface area contributed by atoms with Gasteiger partial charge in [0.25, 0.3) is 0 Å². The average molecular weight is 326 g/mol. The Bertz CT molecular complexity index is 592. The van der Waals surface area contributed by atoms with Crippen LogP contribution < -0.4 is 0 Å². The van der Waals surface area contributed by atoms with Crippen molar-refractivity contribution in [3.63, 3.8) is 0 Å². The van der Waals surface area contributed by atoms with Crippen molar-refractivity contribution in [2.75, 3.05) is 26.8 Å². The molecular formula is C11H13ClFNO5S. The normalized spacial score (nSPS) is 11.8. The molecule has 0 saturated heterocycles. The van der Waals surface area contributed by atoms with E-state index in [9.17, 15) is 17.6 Å². The van der Waals surface area contributed by atoms with Crippen molar-refractivity contribution in [2.24, 2.45) is 0 Å². The number of halogens is 2. The summed E-state index contributed by atoms with van der Waals surface area (Å²) in [5.74, 6) is -2.46. The van der Waals surface area contributed by atoms with Gasteiger partial charge in [0.05, 0.1) is 11.6 Å². The topological polar surface area (TPSA) is 83.9 Å². The fourth-order valence-corrected chi connectivity index (χ4v) is 3.14. The number of rotatable bonds is 7. The number of sulfonamides is 1. The van der Waals surface area contributed by atoms with Crippen molar-refractivity contribution >= 4 is 27.6 Å². The lowest BCUT2D eigenvalue weighted by atomic mass is 10.3. The van der Waals surface area contributed by atoms with Gasteiger partial charge in [0, 0.05) is 13.7 Å². The summed E-state index contributed by atoms with van der Waals surface area (Å²) < 4.78 is 43.6. The molecule has 20 heavy (non-hydrogen) atoms. The van der Waals surface area contributed by atoms with Gasteiger partial charge in [-0.1, -0.05) is 17.7 Å². The maximum Gasteiger partial charge on any atom is 0.318 e. The predicted octanol–water partition coefficient (Wildman–Crippen LogP) is 1.20. The molecule has 9 heteroatoms. The standard InChI is InChI=1S/C11H13ClFNO5S/c1-19-6-5-14(7-10(15)16)20(17,18)9-4-2-3-8(12)11(9)13/h2-4H,5-7H2,1H3,(H,15,16). The Kier molecular flexibility index (Phi) is 5.88. The van der Waals surface area contributed by atoms with Crippen LogP contribution in [0, 0.1) is 5.82 Å². The Morgan fingerprint density at radius 1 is 1.50 bits per heavy atom. The predicted molar refractivity (Wildman–Crippen MR) is 69.7 cm³/mol. The molecule has 1 rings (SSSR count). The number of carboxylic acids is 1. The molecule has 0 aliphatic rings. The van der Waals surface area contributed by atoms with Gasteiger partial charge in [0.1, 0.15) is 11.4 Å². The SMILES string of the molecule is COCCN(CC(=O)O)S(=O)(=O)c1cccc(Cl)c1F. The van der Waals surface area contributed by atoms with E-state index < -0.39 is 33.3 Å². The number of methoxy groups -OCH3 is 1. The lowest BCUT2D eigenvalue weighted by Gasteiger charge is -2.20. The second-order valence-electron chi connectivity index (χ2n) is 3.78. The summed E-state index contributed by atoms with van der Waals surface area (Å²) in [4.78, 5) is 10.1. The van der Waals surface area contributed by atoms with E-state index in [1.165, 1.54) is 19.2 Å². The molecule has 0 atom stereocenters. The van der Waals surface area contributed by atoms with Gasteiger partial charge < -0.3 is 9.84 Å². The number of carboxylic acid groups (broad SMARTS) is 1. The Morgan fingerprint density at radius 2 is 2.15 bits per heavy atom. The van der Waals surface area contributed by atoms with Gasteiger partial charge in [-0.25, -0.2) is 12.8 Å². The molecule has 0 heterocycles. The van der Waals surface area contributed by atoms with Gasteiger partial charge in [0.15, 0.2) is 5.82 Å². The van der Waals surface area contributed by atoms with Crippen LogP contribution in [0.15, 0.2) is 23.1 Å². The first-order valence-electron chi connectivity index (χ1n) is 5.45. The number of nitrogens with zero attached hydrogens (tertiary/aromatic N) is 1. The molecule has 0 unspecified atom stereocenters. The summed E-state index contributed by atoms with van der Waals surface area (Å²) in [6.45, 7) is -1.02. The van der Waals surface area contributed by atoms with Crippen molar-refractivity contribution in [3.8, 4) is 0 Å². The van der Waals surface area contributed by atoms with Crippen molar-refractivity contribution in [3.05, 3.63) is 29.0 Å². The molecule has 0 aliphatic carbocycles. The second-order valence-corrected chi connectivity index (χ2v) is 6.09. The summed E-state index contributed by atoms with van der Waals surface area (Å²) in [7, 11) is -2.97. The molecule has 0 radical (unpaired) electrons. The number of hydrogen-bond donors (Lipinski definition) is 1. The van der Waals surface area contributed by atoms with E-state index in [1.54, 1.807) is 0 Å². The third-order valence-electron chi connectivity index (χ3n) is 2.39. The van der Waals surface area contributed by atoms with Crippen molar-refractivity contribution < 1.29 is 27.4 Å². The monoisotopic (exact) mass is 325 g/mol. The number of benzene rings is 1. The minimum atomic E-state index is -4.31. The van der Waals surface area contributed by atoms with E-state index in [1.807, 2.05) is 0 Å². The molecule has 0 aromatic heterocycles. The Balaban J connectivity index is 3.21. The number of carbonyl (C=O) groups is 1. The second kappa shape index (κ2) is 6.98. The van der Waals surface area contributed by atoms with E-state index in [2.05, 4.69) is 0 Å². The quantitative estimate of drug-likeness (QED) is 0.814. The molecule has 112 valence electrons. The minimum absolute atomic E-state index is 0.0192. The summed E-state index contributed by atoms with van der Waals surface area (Å²) in [6, 6.07) is 3.50. The van der Waals surface area contributed by atoms with Crippen LogP contribution in [0.2, 0.25) is 5.02 Å². The highest BCUT2D eigenvalue weighted by Crippen LogP contribution is 2.24. The smallest absolute Gasteiger partial charge is 0.318 e. The Morgan fingerprint density at radius 3 is 2.70 bits per heavy atom. The van der Waals surface area contributed by atoms with E-state index in [0.717, 1.165) is 6.07 Å². The van der Waals surface area contributed by atoms with Crippen LogP contribution in [0.3, 0.4) is 0 Å². The fourth-order valence-electron chi connectivity index (χ4n) is 1.45. The highest BCUT2D eigenvalue weighted by atomic mass is 35.5. The van der Waals surface area contributed by atoms with Gasteiger partial charge in [-0.05, 0) is 12.1 Å². The largest absolute Gasteiger partial charge is 0.480 e. The fraction of sp³-hybridized carbons (Fsp3) is 0.364. The van der Waals surface area contributed by atoms with Crippen molar-refractivity contribution in [1.29, 1.82) is 0 Å². The van der Waals surface area contributed by atoms with E-state index in [-0.39, 0.29) is 18.2 Å². The lowest BCUT2D eigenvalue weighted by molar-refractivity contribution is -0.137. The number of ether oxygens (including phenoxy) is 1. The van der Waals surface area contributed by atoms with Crippen LogP contribution in [-0.2, 0) is 19.6 Å². The lowest BCUT2D eigenvalue weighted by Crippen LogP contribution is -2.38.